The maximum atomic E-state index is 12.3. The Hall–Kier alpha value is -3.08. The second kappa shape index (κ2) is 8.54. The van der Waals surface area contributed by atoms with E-state index < -0.39 is 0 Å². The number of aromatic nitrogens is 1. The number of nitrogens with zero attached hydrogens (tertiary/aromatic N) is 1. The first-order valence-corrected chi connectivity index (χ1v) is 9.01. The highest BCUT2D eigenvalue weighted by molar-refractivity contribution is 5.76. The Morgan fingerprint density at radius 1 is 1.22 bits per heavy atom. The molecule has 1 amide bonds. The molecule has 1 aromatic heterocycles. The normalized spacial score (nSPS) is 11.8. The zero-order valence-electron chi connectivity index (χ0n) is 15.9. The van der Waals surface area contributed by atoms with Crippen molar-refractivity contribution in [2.75, 3.05) is 7.11 Å². The summed E-state index contributed by atoms with van der Waals surface area (Å²) in [6.45, 7) is 3.97. The Kier molecular flexibility index (Phi) is 5.91. The molecule has 0 fully saturated rings. The topological polar surface area (TPSA) is 64.4 Å². The molecule has 1 unspecified atom stereocenters. The number of carbonyl (C=O) groups is 1. The summed E-state index contributed by atoms with van der Waals surface area (Å²) in [6, 6.07) is 15.6. The van der Waals surface area contributed by atoms with Crippen molar-refractivity contribution in [3.8, 4) is 17.1 Å². The van der Waals surface area contributed by atoms with Crippen LogP contribution in [-0.2, 0) is 11.2 Å². The third-order valence-electron chi connectivity index (χ3n) is 4.41. The molecule has 0 aliphatic heterocycles. The van der Waals surface area contributed by atoms with Crippen LogP contribution in [-0.4, -0.2) is 18.0 Å². The van der Waals surface area contributed by atoms with Crippen LogP contribution in [0.4, 0.5) is 0 Å². The summed E-state index contributed by atoms with van der Waals surface area (Å²) in [6.07, 6.45) is 2.46. The van der Waals surface area contributed by atoms with Crippen LogP contribution >= 0.6 is 0 Å². The zero-order valence-corrected chi connectivity index (χ0v) is 15.9. The van der Waals surface area contributed by atoms with Gasteiger partial charge in [-0.25, -0.2) is 4.98 Å². The van der Waals surface area contributed by atoms with Crippen LogP contribution in [0.1, 0.15) is 36.4 Å². The van der Waals surface area contributed by atoms with E-state index in [4.69, 9.17) is 9.15 Å². The van der Waals surface area contributed by atoms with E-state index >= 15 is 0 Å². The predicted octanol–water partition coefficient (Wildman–Crippen LogP) is 4.47. The summed E-state index contributed by atoms with van der Waals surface area (Å²) >= 11 is 0. The zero-order chi connectivity index (χ0) is 19.2. The van der Waals surface area contributed by atoms with Crippen molar-refractivity contribution in [2.45, 2.75) is 32.7 Å². The van der Waals surface area contributed by atoms with E-state index in [0.29, 0.717) is 24.5 Å². The Morgan fingerprint density at radius 3 is 2.74 bits per heavy atom. The number of methoxy groups -OCH3 is 1. The molecule has 27 heavy (non-hydrogen) atoms. The molecule has 5 nitrogen and oxygen atoms in total. The van der Waals surface area contributed by atoms with Crippen LogP contribution in [0.15, 0.2) is 59.1 Å². The Bertz CT molecular complexity index is 903. The number of oxazole rings is 1. The average molecular weight is 364 g/mol. The van der Waals surface area contributed by atoms with Gasteiger partial charge >= 0.3 is 0 Å². The lowest BCUT2D eigenvalue weighted by molar-refractivity contribution is -0.121. The van der Waals surface area contributed by atoms with Crippen molar-refractivity contribution < 1.29 is 13.9 Å². The van der Waals surface area contributed by atoms with Gasteiger partial charge in [0.05, 0.1) is 19.3 Å². The van der Waals surface area contributed by atoms with Crippen LogP contribution in [0.2, 0.25) is 0 Å². The van der Waals surface area contributed by atoms with E-state index in [1.165, 1.54) is 0 Å². The molecule has 0 spiro atoms. The van der Waals surface area contributed by atoms with Crippen molar-refractivity contribution >= 4 is 5.91 Å². The minimum atomic E-state index is -0.142. The highest BCUT2D eigenvalue weighted by Gasteiger charge is 2.15. The minimum Gasteiger partial charge on any atom is -0.496 e. The number of nitrogens with one attached hydrogen (secondary N) is 1. The van der Waals surface area contributed by atoms with Gasteiger partial charge in [-0.3, -0.25) is 4.79 Å². The molecular formula is C22H24N2O3. The number of hydrogen-bond donors (Lipinski definition) is 1. The smallest absolute Gasteiger partial charge is 0.220 e. The van der Waals surface area contributed by atoms with Crippen molar-refractivity contribution in [1.29, 1.82) is 0 Å². The lowest BCUT2D eigenvalue weighted by atomic mass is 10.0. The molecule has 0 saturated heterocycles. The van der Waals surface area contributed by atoms with E-state index in [1.54, 1.807) is 13.3 Å². The maximum absolute atomic E-state index is 12.3. The molecule has 0 saturated carbocycles. The van der Waals surface area contributed by atoms with Gasteiger partial charge in [0.2, 0.25) is 5.91 Å². The Balaban J connectivity index is 1.57. The van der Waals surface area contributed by atoms with Gasteiger partial charge in [-0.2, -0.15) is 0 Å². The van der Waals surface area contributed by atoms with Crippen molar-refractivity contribution in [1.82, 2.24) is 10.3 Å². The first-order valence-electron chi connectivity index (χ1n) is 9.01. The standard InChI is InChI=1S/C22H24N2O3/c1-15-9-10-19(26-3)18(13-15)16(2)24-21(25)11-12-22-23-14-20(27-22)17-7-5-4-6-8-17/h4-10,13-14,16H,11-12H2,1-3H3,(H,24,25). The molecule has 3 rings (SSSR count). The molecular weight excluding hydrogens is 340 g/mol. The number of rotatable bonds is 7. The number of hydrogen-bond acceptors (Lipinski definition) is 4. The molecule has 0 radical (unpaired) electrons. The summed E-state index contributed by atoms with van der Waals surface area (Å²) in [5, 5.41) is 3.02. The van der Waals surface area contributed by atoms with Gasteiger partial charge < -0.3 is 14.5 Å². The van der Waals surface area contributed by atoms with Crippen molar-refractivity contribution in [2.24, 2.45) is 0 Å². The minimum absolute atomic E-state index is 0.0504. The molecule has 5 heteroatoms. The Morgan fingerprint density at radius 2 is 2.00 bits per heavy atom. The molecule has 1 heterocycles. The number of carbonyl (C=O) groups excluding carboxylic acids is 1. The molecule has 1 atom stereocenters. The van der Waals surface area contributed by atoms with Gasteiger partial charge in [0.1, 0.15) is 5.75 Å². The largest absolute Gasteiger partial charge is 0.496 e. The highest BCUT2D eigenvalue weighted by Crippen LogP contribution is 2.26. The van der Waals surface area contributed by atoms with Crippen LogP contribution in [0, 0.1) is 6.92 Å². The van der Waals surface area contributed by atoms with Gasteiger partial charge in [-0.05, 0) is 19.9 Å². The fraction of sp³-hybridized carbons (Fsp3) is 0.273. The average Bonchev–Trinajstić information content (AvgIpc) is 3.16. The number of ether oxygens (including phenoxy) is 1. The fourth-order valence-corrected chi connectivity index (χ4v) is 2.97. The summed E-state index contributed by atoms with van der Waals surface area (Å²) in [7, 11) is 1.63. The highest BCUT2D eigenvalue weighted by atomic mass is 16.5. The van der Waals surface area contributed by atoms with Gasteiger partial charge in [0, 0.05) is 24.0 Å². The number of benzene rings is 2. The third kappa shape index (κ3) is 4.76. The quantitative estimate of drug-likeness (QED) is 0.672. The van der Waals surface area contributed by atoms with E-state index in [9.17, 15) is 4.79 Å². The predicted molar refractivity (Wildman–Crippen MR) is 105 cm³/mol. The molecule has 140 valence electrons. The van der Waals surface area contributed by atoms with Gasteiger partial charge in [-0.15, -0.1) is 0 Å². The van der Waals surface area contributed by atoms with E-state index in [-0.39, 0.29) is 11.9 Å². The summed E-state index contributed by atoms with van der Waals surface area (Å²) in [4.78, 5) is 16.6. The van der Waals surface area contributed by atoms with Gasteiger partial charge in [-0.1, -0.05) is 48.0 Å². The number of amides is 1. The molecule has 2 aromatic carbocycles. The first-order chi connectivity index (χ1) is 13.1. The van der Waals surface area contributed by atoms with Crippen molar-refractivity contribution in [3.63, 3.8) is 0 Å². The van der Waals surface area contributed by atoms with Crippen LogP contribution < -0.4 is 10.1 Å². The molecule has 3 aromatic rings. The molecule has 0 aliphatic rings. The molecule has 0 aliphatic carbocycles. The van der Waals surface area contributed by atoms with Crippen LogP contribution in [0.5, 0.6) is 5.75 Å². The molecule has 0 bridgehead atoms. The van der Waals surface area contributed by atoms with Crippen LogP contribution in [0.25, 0.3) is 11.3 Å². The monoisotopic (exact) mass is 364 g/mol. The lowest BCUT2D eigenvalue weighted by Gasteiger charge is -2.18. The number of aryl methyl sites for hydroxylation is 2. The molecule has 1 N–H and O–H groups in total. The van der Waals surface area contributed by atoms with Gasteiger partial charge in [0.25, 0.3) is 0 Å². The summed E-state index contributed by atoms with van der Waals surface area (Å²) < 4.78 is 11.2. The van der Waals surface area contributed by atoms with E-state index in [1.807, 2.05) is 62.4 Å². The second-order valence-electron chi connectivity index (χ2n) is 6.52. The van der Waals surface area contributed by atoms with Crippen molar-refractivity contribution in [3.05, 3.63) is 71.7 Å². The van der Waals surface area contributed by atoms with Gasteiger partial charge in [0.15, 0.2) is 11.7 Å². The summed E-state index contributed by atoms with van der Waals surface area (Å²) in [5.74, 6) is 1.99. The lowest BCUT2D eigenvalue weighted by Crippen LogP contribution is -2.27. The van der Waals surface area contributed by atoms with Crippen LogP contribution in [0.3, 0.4) is 0 Å². The maximum Gasteiger partial charge on any atom is 0.220 e. The third-order valence-corrected chi connectivity index (χ3v) is 4.41. The summed E-state index contributed by atoms with van der Waals surface area (Å²) in [5.41, 5.74) is 3.06. The second-order valence-corrected chi connectivity index (χ2v) is 6.52. The Labute approximate surface area is 159 Å². The van der Waals surface area contributed by atoms with E-state index in [0.717, 1.165) is 22.4 Å². The SMILES string of the molecule is COc1ccc(C)cc1C(C)NC(=O)CCc1ncc(-c2ccccc2)o1. The fourth-order valence-electron chi connectivity index (χ4n) is 2.97. The first kappa shape index (κ1) is 18.7. The van der Waals surface area contributed by atoms with E-state index in [2.05, 4.69) is 10.3 Å².